The van der Waals surface area contributed by atoms with Gasteiger partial charge >= 0.3 is 5.97 Å². The van der Waals surface area contributed by atoms with Gasteiger partial charge in [0.05, 0.1) is 29.9 Å². The number of carboxylic acid groups (broad SMARTS) is 1. The van der Waals surface area contributed by atoms with Crippen LogP contribution in [0.3, 0.4) is 0 Å². The maximum atomic E-state index is 12.9. The SMILES string of the molecule is CCOc1ccc2cc(-c3cc(-c4ccc(Br)cc4)nn3C(=O)CCC(=O)O)c(Cl)nc2c1. The molecule has 7 nitrogen and oxygen atoms in total. The molecule has 2 aromatic carbocycles. The quantitative estimate of drug-likeness (QED) is 0.292. The molecular weight excluding hydrogens is 510 g/mol. The van der Waals surface area contributed by atoms with Crippen molar-refractivity contribution in [2.24, 2.45) is 0 Å². The number of halogens is 2. The Balaban J connectivity index is 1.83. The number of fused-ring (bicyclic) bond motifs is 1. The molecule has 1 N–H and O–H groups in total. The average molecular weight is 529 g/mol. The molecular formula is C24H19BrClN3O4. The van der Waals surface area contributed by atoms with Crippen molar-refractivity contribution in [3.63, 3.8) is 0 Å². The maximum absolute atomic E-state index is 12.9. The summed E-state index contributed by atoms with van der Waals surface area (Å²) >= 11 is 9.95. The third-order valence-corrected chi connectivity index (χ3v) is 5.78. The van der Waals surface area contributed by atoms with Crippen molar-refractivity contribution in [3.8, 4) is 28.3 Å². The normalized spacial score (nSPS) is 11.0. The summed E-state index contributed by atoms with van der Waals surface area (Å²) in [6.45, 7) is 2.44. The second-order valence-electron chi connectivity index (χ2n) is 7.24. The van der Waals surface area contributed by atoms with Gasteiger partial charge in [-0.2, -0.15) is 9.78 Å². The number of ether oxygens (including phenoxy) is 1. The van der Waals surface area contributed by atoms with E-state index in [0.717, 1.165) is 15.4 Å². The lowest BCUT2D eigenvalue weighted by molar-refractivity contribution is -0.137. The van der Waals surface area contributed by atoms with Crippen molar-refractivity contribution in [1.82, 2.24) is 14.8 Å². The van der Waals surface area contributed by atoms with Crippen LogP contribution in [0.1, 0.15) is 24.6 Å². The third-order valence-electron chi connectivity index (χ3n) is 4.97. The van der Waals surface area contributed by atoms with Gasteiger partial charge in [0, 0.05) is 33.5 Å². The number of hydrogen-bond acceptors (Lipinski definition) is 5. The molecule has 0 aliphatic rings. The Hall–Kier alpha value is -3.23. The number of carbonyl (C=O) groups is 2. The van der Waals surface area contributed by atoms with Gasteiger partial charge in [-0.1, -0.05) is 39.7 Å². The lowest BCUT2D eigenvalue weighted by atomic mass is 10.1. The van der Waals surface area contributed by atoms with E-state index in [1.54, 1.807) is 12.1 Å². The number of carbonyl (C=O) groups excluding carboxylic acids is 1. The lowest BCUT2D eigenvalue weighted by Gasteiger charge is -2.10. The molecule has 0 saturated heterocycles. The number of rotatable bonds is 7. The number of aliphatic carboxylic acids is 1. The molecule has 2 aromatic heterocycles. The fourth-order valence-electron chi connectivity index (χ4n) is 3.40. The van der Waals surface area contributed by atoms with E-state index in [2.05, 4.69) is 26.0 Å². The van der Waals surface area contributed by atoms with Gasteiger partial charge < -0.3 is 9.84 Å². The number of benzene rings is 2. The van der Waals surface area contributed by atoms with E-state index in [-0.39, 0.29) is 18.0 Å². The fraction of sp³-hybridized carbons (Fsp3) is 0.167. The van der Waals surface area contributed by atoms with Gasteiger partial charge in [0.15, 0.2) is 0 Å². The molecule has 0 fully saturated rings. The van der Waals surface area contributed by atoms with Gasteiger partial charge in [-0.25, -0.2) is 4.98 Å². The second kappa shape index (κ2) is 9.72. The number of carboxylic acids is 1. The summed E-state index contributed by atoms with van der Waals surface area (Å²) in [7, 11) is 0. The van der Waals surface area contributed by atoms with Crippen LogP contribution in [0.25, 0.3) is 33.4 Å². The number of aromatic nitrogens is 3. The lowest BCUT2D eigenvalue weighted by Crippen LogP contribution is -2.15. The molecule has 168 valence electrons. The standard InChI is InChI=1S/C24H19BrClN3O4/c1-2-33-17-8-5-15-11-18(24(26)27-19(15)12-17)21-13-20(14-3-6-16(25)7-4-14)28-29(21)22(30)9-10-23(31)32/h3-8,11-13H,2,9-10H2,1H3,(H,31,32). The highest BCUT2D eigenvalue weighted by Crippen LogP contribution is 2.34. The minimum Gasteiger partial charge on any atom is -0.494 e. The highest BCUT2D eigenvalue weighted by Gasteiger charge is 2.20. The molecule has 0 radical (unpaired) electrons. The van der Waals surface area contributed by atoms with Gasteiger partial charge in [0.1, 0.15) is 10.9 Å². The molecule has 4 aromatic rings. The average Bonchev–Trinajstić information content (AvgIpc) is 3.23. The zero-order valence-corrected chi connectivity index (χ0v) is 19.9. The minimum absolute atomic E-state index is 0.194. The van der Waals surface area contributed by atoms with Gasteiger partial charge in [-0.3, -0.25) is 9.59 Å². The highest BCUT2D eigenvalue weighted by atomic mass is 79.9. The van der Waals surface area contributed by atoms with E-state index in [1.807, 2.05) is 49.4 Å². The minimum atomic E-state index is -1.05. The zero-order chi connectivity index (χ0) is 23.5. The van der Waals surface area contributed by atoms with Crippen LogP contribution in [0.4, 0.5) is 0 Å². The molecule has 2 heterocycles. The summed E-state index contributed by atoms with van der Waals surface area (Å²) in [6.07, 6.45) is -0.490. The number of hydrogen-bond donors (Lipinski definition) is 1. The summed E-state index contributed by atoms with van der Waals surface area (Å²) in [5.74, 6) is -0.813. The Morgan fingerprint density at radius 2 is 1.85 bits per heavy atom. The molecule has 0 unspecified atom stereocenters. The monoisotopic (exact) mass is 527 g/mol. The first-order valence-electron chi connectivity index (χ1n) is 10.2. The summed E-state index contributed by atoms with van der Waals surface area (Å²) in [6, 6.07) is 16.6. The van der Waals surface area contributed by atoms with Crippen molar-refractivity contribution in [3.05, 3.63) is 64.2 Å². The number of pyridine rings is 1. The van der Waals surface area contributed by atoms with Crippen LogP contribution in [-0.4, -0.2) is 38.4 Å². The van der Waals surface area contributed by atoms with E-state index in [9.17, 15) is 9.59 Å². The molecule has 9 heteroatoms. The van der Waals surface area contributed by atoms with Crippen molar-refractivity contribution >= 4 is 50.3 Å². The fourth-order valence-corrected chi connectivity index (χ4v) is 3.91. The Morgan fingerprint density at radius 1 is 1.09 bits per heavy atom. The van der Waals surface area contributed by atoms with Crippen molar-refractivity contribution in [2.75, 3.05) is 6.61 Å². The molecule has 4 rings (SSSR count). The Bertz CT molecular complexity index is 1350. The molecule has 0 atom stereocenters. The van der Waals surface area contributed by atoms with Crippen LogP contribution in [0.15, 0.2) is 59.1 Å². The molecule has 0 saturated carbocycles. The van der Waals surface area contributed by atoms with Gasteiger partial charge in [-0.15, -0.1) is 0 Å². The first-order chi connectivity index (χ1) is 15.9. The smallest absolute Gasteiger partial charge is 0.303 e. The predicted molar refractivity (Wildman–Crippen MR) is 130 cm³/mol. The number of nitrogens with zero attached hydrogens (tertiary/aromatic N) is 3. The summed E-state index contributed by atoms with van der Waals surface area (Å²) in [4.78, 5) is 28.4. The summed E-state index contributed by atoms with van der Waals surface area (Å²) in [5.41, 5.74) is 2.98. The molecule has 0 bridgehead atoms. The third kappa shape index (κ3) is 5.07. The topological polar surface area (TPSA) is 94.3 Å². The van der Waals surface area contributed by atoms with Crippen molar-refractivity contribution < 1.29 is 19.4 Å². The van der Waals surface area contributed by atoms with Crippen LogP contribution >= 0.6 is 27.5 Å². The molecule has 0 aliphatic heterocycles. The molecule has 33 heavy (non-hydrogen) atoms. The Kier molecular flexibility index (Phi) is 6.76. The first-order valence-corrected chi connectivity index (χ1v) is 11.4. The van der Waals surface area contributed by atoms with E-state index in [4.69, 9.17) is 21.4 Å². The van der Waals surface area contributed by atoms with E-state index < -0.39 is 11.9 Å². The second-order valence-corrected chi connectivity index (χ2v) is 8.51. The van der Waals surface area contributed by atoms with Gasteiger partial charge in [0.2, 0.25) is 5.91 Å². The highest BCUT2D eigenvalue weighted by molar-refractivity contribution is 9.10. The largest absolute Gasteiger partial charge is 0.494 e. The van der Waals surface area contributed by atoms with Crippen LogP contribution in [-0.2, 0) is 4.79 Å². The van der Waals surface area contributed by atoms with Crippen LogP contribution in [0, 0.1) is 0 Å². The van der Waals surface area contributed by atoms with Crippen LogP contribution < -0.4 is 4.74 Å². The van der Waals surface area contributed by atoms with Gasteiger partial charge in [0.25, 0.3) is 0 Å². The predicted octanol–water partition coefficient (Wildman–Crippen LogP) is 6.08. The van der Waals surface area contributed by atoms with E-state index in [0.29, 0.717) is 34.8 Å². The Morgan fingerprint density at radius 3 is 2.55 bits per heavy atom. The van der Waals surface area contributed by atoms with Crippen LogP contribution in [0.2, 0.25) is 5.15 Å². The van der Waals surface area contributed by atoms with Crippen molar-refractivity contribution in [1.29, 1.82) is 0 Å². The maximum Gasteiger partial charge on any atom is 0.303 e. The van der Waals surface area contributed by atoms with Crippen molar-refractivity contribution in [2.45, 2.75) is 19.8 Å². The molecule has 0 aliphatic carbocycles. The molecule has 0 spiro atoms. The molecule has 0 amide bonds. The Labute approximate surface area is 203 Å². The van der Waals surface area contributed by atoms with Gasteiger partial charge in [-0.05, 0) is 43.3 Å². The van der Waals surface area contributed by atoms with Crippen LogP contribution in [0.5, 0.6) is 5.75 Å². The van der Waals surface area contributed by atoms with E-state index >= 15 is 0 Å². The zero-order valence-electron chi connectivity index (χ0n) is 17.6. The summed E-state index contributed by atoms with van der Waals surface area (Å²) in [5, 5.41) is 14.5. The van der Waals surface area contributed by atoms with E-state index in [1.165, 1.54) is 4.68 Å². The summed E-state index contributed by atoms with van der Waals surface area (Å²) < 4.78 is 7.66. The first kappa shape index (κ1) is 22.9.